The summed E-state index contributed by atoms with van der Waals surface area (Å²) in [7, 11) is 0. The van der Waals surface area contributed by atoms with Gasteiger partial charge in [0.05, 0.1) is 4.21 Å². The van der Waals surface area contributed by atoms with Gasteiger partial charge in [0.2, 0.25) is 6.79 Å². The zero-order valence-electron chi connectivity index (χ0n) is 12.2. The number of hydrogen-bond donors (Lipinski definition) is 0. The van der Waals surface area contributed by atoms with Gasteiger partial charge in [0.25, 0.3) is 0 Å². The third-order valence-electron chi connectivity index (χ3n) is 3.10. The van der Waals surface area contributed by atoms with E-state index in [1.54, 1.807) is 23.1 Å². The van der Waals surface area contributed by atoms with Crippen molar-refractivity contribution in [3.63, 3.8) is 0 Å². The van der Waals surface area contributed by atoms with E-state index in [1.807, 2.05) is 42.5 Å². The number of allylic oxidation sites excluding steroid dienone is 4. The molecular formula is C18H16O2S2. The van der Waals surface area contributed by atoms with Crippen molar-refractivity contribution in [1.82, 2.24) is 0 Å². The van der Waals surface area contributed by atoms with Gasteiger partial charge >= 0.3 is 0 Å². The Hall–Kier alpha value is -1.91. The number of rotatable bonds is 5. The molecule has 0 fully saturated rings. The van der Waals surface area contributed by atoms with E-state index >= 15 is 0 Å². The zero-order valence-corrected chi connectivity index (χ0v) is 13.8. The summed E-state index contributed by atoms with van der Waals surface area (Å²) >= 11 is 3.56. The van der Waals surface area contributed by atoms with E-state index in [0.29, 0.717) is 6.79 Å². The minimum absolute atomic E-state index is 0.314. The fourth-order valence-electron chi connectivity index (χ4n) is 2.00. The molecule has 112 valence electrons. The van der Waals surface area contributed by atoms with E-state index in [4.69, 9.17) is 9.47 Å². The predicted octanol–water partition coefficient (Wildman–Crippen LogP) is 5.48. The molecule has 0 saturated carbocycles. The molecule has 4 heteroatoms. The Morgan fingerprint density at radius 2 is 1.73 bits per heavy atom. The summed E-state index contributed by atoms with van der Waals surface area (Å²) in [4.78, 5) is 0. The Balaban J connectivity index is 1.55. The minimum Gasteiger partial charge on any atom is -0.454 e. The van der Waals surface area contributed by atoms with Gasteiger partial charge in [-0.2, -0.15) is 0 Å². The summed E-state index contributed by atoms with van der Waals surface area (Å²) < 4.78 is 12.0. The average Bonchev–Trinajstić information content (AvgIpc) is 3.19. The summed E-state index contributed by atoms with van der Waals surface area (Å²) in [6.45, 7) is 0.314. The first kappa shape index (κ1) is 15.0. The van der Waals surface area contributed by atoms with Crippen LogP contribution in [0.15, 0.2) is 58.2 Å². The largest absolute Gasteiger partial charge is 0.454 e. The summed E-state index contributed by atoms with van der Waals surface area (Å²) in [5.41, 5.74) is 2.35. The van der Waals surface area contributed by atoms with Gasteiger partial charge in [0.15, 0.2) is 11.5 Å². The first-order valence-electron chi connectivity index (χ1n) is 6.89. The maximum atomic E-state index is 5.36. The van der Waals surface area contributed by atoms with Crippen molar-refractivity contribution < 1.29 is 9.47 Å². The molecule has 2 heterocycles. The predicted molar refractivity (Wildman–Crippen MR) is 95.9 cm³/mol. The Morgan fingerprint density at radius 1 is 0.955 bits per heavy atom. The maximum absolute atomic E-state index is 5.36. The van der Waals surface area contributed by atoms with Crippen molar-refractivity contribution >= 4 is 35.3 Å². The van der Waals surface area contributed by atoms with Crippen LogP contribution in [-0.4, -0.2) is 13.0 Å². The first-order chi connectivity index (χ1) is 10.8. The van der Waals surface area contributed by atoms with Crippen LogP contribution in [0.5, 0.6) is 11.5 Å². The van der Waals surface area contributed by atoms with Gasteiger partial charge in [0, 0.05) is 0 Å². The second-order valence-corrected chi connectivity index (χ2v) is 6.64. The monoisotopic (exact) mass is 328 g/mol. The highest BCUT2D eigenvalue weighted by atomic mass is 32.2. The van der Waals surface area contributed by atoms with E-state index in [9.17, 15) is 0 Å². The molecule has 0 saturated heterocycles. The van der Waals surface area contributed by atoms with Crippen LogP contribution in [0.25, 0.3) is 12.2 Å². The number of ether oxygens (including phenoxy) is 2. The van der Waals surface area contributed by atoms with Crippen molar-refractivity contribution in [2.24, 2.45) is 0 Å². The lowest BCUT2D eigenvalue weighted by atomic mass is 10.2. The normalized spacial score (nSPS) is 13.9. The van der Waals surface area contributed by atoms with E-state index < -0.39 is 0 Å². The molecule has 2 nitrogen and oxygen atoms in total. The molecule has 0 aliphatic carbocycles. The molecule has 0 radical (unpaired) electrons. The molecule has 1 aromatic heterocycles. The molecule has 0 unspecified atom stereocenters. The van der Waals surface area contributed by atoms with Crippen LogP contribution in [0.1, 0.15) is 11.1 Å². The van der Waals surface area contributed by atoms with Gasteiger partial charge in [-0.05, 0) is 41.0 Å². The van der Waals surface area contributed by atoms with Gasteiger partial charge in [-0.3, -0.25) is 0 Å². The lowest BCUT2D eigenvalue weighted by Gasteiger charge is -1.96. The smallest absolute Gasteiger partial charge is 0.231 e. The lowest BCUT2D eigenvalue weighted by molar-refractivity contribution is 0.174. The SMILES string of the molecule is CSc1cc(/C=C/C=C/C=C/c2ccc3c(c2)OCO3)cs1. The van der Waals surface area contributed by atoms with Crippen LogP contribution < -0.4 is 9.47 Å². The summed E-state index contributed by atoms with van der Waals surface area (Å²) in [6, 6.07) is 8.13. The number of thiophene rings is 1. The summed E-state index contributed by atoms with van der Waals surface area (Å²) in [5.74, 6) is 1.63. The minimum atomic E-state index is 0.314. The first-order valence-corrected chi connectivity index (χ1v) is 8.99. The van der Waals surface area contributed by atoms with Crippen LogP contribution in [0.4, 0.5) is 0 Å². The average molecular weight is 328 g/mol. The fourth-order valence-corrected chi connectivity index (χ4v) is 3.39. The van der Waals surface area contributed by atoms with Crippen molar-refractivity contribution in [2.45, 2.75) is 4.21 Å². The number of benzene rings is 1. The lowest BCUT2D eigenvalue weighted by Crippen LogP contribution is -1.92. The Morgan fingerprint density at radius 3 is 2.50 bits per heavy atom. The number of fused-ring (bicyclic) bond motifs is 1. The molecular weight excluding hydrogens is 312 g/mol. The van der Waals surface area contributed by atoms with E-state index in [-0.39, 0.29) is 0 Å². The highest BCUT2D eigenvalue weighted by Gasteiger charge is 2.11. The topological polar surface area (TPSA) is 18.5 Å². The van der Waals surface area contributed by atoms with Gasteiger partial charge in [-0.25, -0.2) is 0 Å². The maximum Gasteiger partial charge on any atom is 0.231 e. The molecule has 0 atom stereocenters. The van der Waals surface area contributed by atoms with E-state index in [1.165, 1.54) is 9.77 Å². The van der Waals surface area contributed by atoms with Crippen molar-refractivity contribution in [3.8, 4) is 11.5 Å². The van der Waals surface area contributed by atoms with Crippen molar-refractivity contribution in [1.29, 1.82) is 0 Å². The van der Waals surface area contributed by atoms with E-state index in [2.05, 4.69) is 29.9 Å². The van der Waals surface area contributed by atoms with Crippen LogP contribution in [-0.2, 0) is 0 Å². The molecule has 0 bridgehead atoms. The Labute approximate surface area is 138 Å². The second-order valence-electron chi connectivity index (χ2n) is 4.62. The molecule has 3 rings (SSSR count). The number of thioether (sulfide) groups is 1. The molecule has 22 heavy (non-hydrogen) atoms. The quantitative estimate of drug-likeness (QED) is 0.535. The highest BCUT2D eigenvalue weighted by Crippen LogP contribution is 2.32. The third-order valence-corrected chi connectivity index (χ3v) is 5.15. The zero-order chi connectivity index (χ0) is 15.2. The van der Waals surface area contributed by atoms with Crippen LogP contribution in [0, 0.1) is 0 Å². The fraction of sp³-hybridized carbons (Fsp3) is 0.111. The molecule has 1 aliphatic rings. The highest BCUT2D eigenvalue weighted by molar-refractivity contribution is 8.00. The molecule has 0 amide bonds. The molecule has 0 spiro atoms. The molecule has 1 aliphatic heterocycles. The van der Waals surface area contributed by atoms with Gasteiger partial charge in [0.1, 0.15) is 0 Å². The molecule has 0 N–H and O–H groups in total. The third kappa shape index (κ3) is 3.84. The van der Waals surface area contributed by atoms with Crippen LogP contribution in [0.2, 0.25) is 0 Å². The Bertz CT molecular complexity index is 726. The van der Waals surface area contributed by atoms with Gasteiger partial charge in [-0.15, -0.1) is 23.1 Å². The summed E-state index contributed by atoms with van der Waals surface area (Å²) in [5, 5.41) is 2.17. The van der Waals surface area contributed by atoms with Gasteiger partial charge < -0.3 is 9.47 Å². The van der Waals surface area contributed by atoms with Crippen molar-refractivity contribution in [2.75, 3.05) is 13.0 Å². The second kappa shape index (κ2) is 7.38. The van der Waals surface area contributed by atoms with E-state index in [0.717, 1.165) is 17.1 Å². The summed E-state index contributed by atoms with van der Waals surface area (Å²) in [6.07, 6.45) is 14.4. The van der Waals surface area contributed by atoms with Gasteiger partial charge in [-0.1, -0.05) is 42.5 Å². The van der Waals surface area contributed by atoms with Crippen LogP contribution >= 0.6 is 23.1 Å². The van der Waals surface area contributed by atoms with Crippen molar-refractivity contribution in [3.05, 3.63) is 65.1 Å². The standard InChI is InChI=1S/C18H16O2S2/c1-21-18-11-15(12-22-18)7-5-3-2-4-6-14-8-9-16-17(10-14)20-13-19-16/h2-12H,13H2,1H3/b3-2+,6-4+,7-5+. The molecule has 2 aromatic rings. The van der Waals surface area contributed by atoms with Crippen LogP contribution in [0.3, 0.4) is 0 Å². The number of hydrogen-bond acceptors (Lipinski definition) is 4. The Kier molecular flexibility index (Phi) is 5.03. The molecule has 1 aromatic carbocycles.